The summed E-state index contributed by atoms with van der Waals surface area (Å²) in [5.74, 6) is -1.06. The monoisotopic (exact) mass is 959 g/mol. The van der Waals surface area contributed by atoms with Crippen molar-refractivity contribution in [3.63, 3.8) is 0 Å². The van der Waals surface area contributed by atoms with Crippen LogP contribution in [0.3, 0.4) is 0 Å². The maximum Gasteiger partial charge on any atom is 0.310 e. The number of carbonyl (C=O) groups is 3. The zero-order valence-electron chi connectivity index (χ0n) is 45.0. The predicted octanol–water partition coefficient (Wildman–Crippen LogP) is 19.3. The fourth-order valence-electron chi connectivity index (χ4n) is 7.82. The van der Waals surface area contributed by atoms with Crippen molar-refractivity contribution in [2.75, 3.05) is 13.2 Å². The lowest BCUT2D eigenvalue weighted by Crippen LogP contribution is -2.30. The smallest absolute Gasteiger partial charge is 0.310 e. The third-order valence-electron chi connectivity index (χ3n) is 12.1. The van der Waals surface area contributed by atoms with E-state index in [0.717, 1.165) is 96.3 Å². The zero-order chi connectivity index (χ0) is 50.0. The zero-order valence-corrected chi connectivity index (χ0v) is 45.0. The Labute approximate surface area is 426 Å². The highest BCUT2D eigenvalue weighted by Gasteiger charge is 2.19. The Morgan fingerprint density at radius 1 is 0.319 bits per heavy atom. The third kappa shape index (κ3) is 55.1. The molecule has 0 heterocycles. The first-order valence-electron chi connectivity index (χ1n) is 28.7. The Morgan fingerprint density at radius 2 is 0.609 bits per heavy atom. The van der Waals surface area contributed by atoms with Gasteiger partial charge in [0, 0.05) is 12.8 Å². The minimum absolute atomic E-state index is 0.0967. The quantitative estimate of drug-likeness (QED) is 0.0262. The van der Waals surface area contributed by atoms with Crippen molar-refractivity contribution in [1.29, 1.82) is 0 Å². The summed E-state index contributed by atoms with van der Waals surface area (Å²) in [6, 6.07) is 0. The minimum Gasteiger partial charge on any atom is -0.462 e. The fraction of sp³-hybridized carbons (Fsp3) is 0.698. The molecule has 6 nitrogen and oxygen atoms in total. The van der Waals surface area contributed by atoms with Gasteiger partial charge in [0.25, 0.3) is 0 Å². The second kappa shape index (κ2) is 56.9. The predicted molar refractivity (Wildman–Crippen MR) is 297 cm³/mol. The molecule has 69 heavy (non-hydrogen) atoms. The number of allylic oxidation sites excluding steroid dienone is 15. The van der Waals surface area contributed by atoms with Gasteiger partial charge in [0.2, 0.25) is 0 Å². The van der Waals surface area contributed by atoms with Gasteiger partial charge >= 0.3 is 17.9 Å². The highest BCUT2D eigenvalue weighted by atomic mass is 16.6. The molecule has 0 aliphatic carbocycles. The Morgan fingerprint density at radius 3 is 0.957 bits per heavy atom. The van der Waals surface area contributed by atoms with Crippen LogP contribution in [0.4, 0.5) is 0 Å². The van der Waals surface area contributed by atoms with Crippen LogP contribution in [0.2, 0.25) is 0 Å². The van der Waals surface area contributed by atoms with E-state index in [1.807, 2.05) is 6.08 Å². The molecule has 0 saturated heterocycles. The molecule has 0 aromatic carbocycles. The molecule has 0 N–H and O–H groups in total. The molecule has 0 aromatic rings. The van der Waals surface area contributed by atoms with E-state index in [-0.39, 0.29) is 31.6 Å². The summed E-state index contributed by atoms with van der Waals surface area (Å²) in [5.41, 5.74) is 0. The number of hydrogen-bond donors (Lipinski definition) is 0. The molecule has 0 amide bonds. The molecule has 0 saturated carbocycles. The number of unbranched alkanes of at least 4 members (excludes halogenated alkanes) is 25. The first kappa shape index (κ1) is 65.3. The average molecular weight is 960 g/mol. The van der Waals surface area contributed by atoms with Gasteiger partial charge in [-0.1, -0.05) is 259 Å². The molecule has 0 bridgehead atoms. The van der Waals surface area contributed by atoms with E-state index >= 15 is 0 Å². The Bertz CT molecular complexity index is 1380. The third-order valence-corrected chi connectivity index (χ3v) is 12.1. The number of carbonyl (C=O) groups excluding carboxylic acids is 3. The summed E-state index contributed by atoms with van der Waals surface area (Å²) in [6.07, 6.45) is 76.3. The highest BCUT2D eigenvalue weighted by Crippen LogP contribution is 2.15. The molecule has 0 aliphatic rings. The fourth-order valence-corrected chi connectivity index (χ4v) is 7.82. The molecule has 1 unspecified atom stereocenters. The lowest BCUT2D eigenvalue weighted by molar-refractivity contribution is -0.166. The van der Waals surface area contributed by atoms with Crippen LogP contribution in [0, 0.1) is 0 Å². The number of rotatable bonds is 51. The van der Waals surface area contributed by atoms with Crippen molar-refractivity contribution < 1.29 is 28.6 Å². The Hall–Kier alpha value is -3.67. The van der Waals surface area contributed by atoms with Crippen LogP contribution in [-0.2, 0) is 28.6 Å². The molecular weight excluding hydrogens is 853 g/mol. The second-order valence-corrected chi connectivity index (χ2v) is 18.8. The van der Waals surface area contributed by atoms with Gasteiger partial charge in [0.1, 0.15) is 13.2 Å². The summed E-state index contributed by atoms with van der Waals surface area (Å²) in [6.45, 7) is 6.34. The first-order valence-corrected chi connectivity index (χ1v) is 28.7. The van der Waals surface area contributed by atoms with Gasteiger partial charge < -0.3 is 14.2 Å². The maximum absolute atomic E-state index is 12.7. The average Bonchev–Trinajstić information content (AvgIpc) is 3.35. The lowest BCUT2D eigenvalue weighted by atomic mass is 10.0. The standard InChI is InChI=1S/C63H106O6/c1-4-7-10-13-15-17-19-21-23-24-25-26-27-28-29-30-31-32-33-34-35-36-37-38-40-41-43-45-47-50-53-56-62(65)68-59-60(58-67-61(64)55-52-49-12-9-6-3)69-63(66)57-54-51-48-46-44-42-39-22-20-18-16-14-11-8-5-2/h8,11,16,18-19,21-22,24-25,27-28,39,44,46,51,54,60H,4-7,9-10,12-15,17,20,23,26,29-38,40-43,45,47-50,52-53,55-59H2,1-3H3/b11-8-,18-16-,21-19-,25-24-,28-27-,39-22-,46-44-,54-51-. The van der Waals surface area contributed by atoms with Gasteiger partial charge in [-0.25, -0.2) is 0 Å². The molecule has 0 spiro atoms. The summed E-state index contributed by atoms with van der Waals surface area (Å²) < 4.78 is 16.6. The van der Waals surface area contributed by atoms with Crippen molar-refractivity contribution in [3.8, 4) is 0 Å². The lowest BCUT2D eigenvalue weighted by Gasteiger charge is -2.18. The first-order chi connectivity index (χ1) is 34.0. The van der Waals surface area contributed by atoms with Crippen molar-refractivity contribution in [2.45, 2.75) is 271 Å². The van der Waals surface area contributed by atoms with Crippen molar-refractivity contribution in [3.05, 3.63) is 97.2 Å². The number of esters is 3. The topological polar surface area (TPSA) is 78.9 Å². The van der Waals surface area contributed by atoms with Crippen LogP contribution in [0.25, 0.3) is 0 Å². The van der Waals surface area contributed by atoms with Crippen LogP contribution in [0.15, 0.2) is 97.2 Å². The summed E-state index contributed by atoms with van der Waals surface area (Å²) >= 11 is 0. The van der Waals surface area contributed by atoms with E-state index in [9.17, 15) is 14.4 Å². The van der Waals surface area contributed by atoms with Crippen LogP contribution < -0.4 is 0 Å². The van der Waals surface area contributed by atoms with E-state index in [0.29, 0.717) is 12.8 Å². The summed E-state index contributed by atoms with van der Waals surface area (Å²) in [7, 11) is 0. The molecule has 0 fully saturated rings. The Kier molecular flexibility index (Phi) is 53.9. The highest BCUT2D eigenvalue weighted by molar-refractivity contribution is 5.72. The van der Waals surface area contributed by atoms with Crippen molar-refractivity contribution in [2.24, 2.45) is 0 Å². The normalized spacial score (nSPS) is 12.8. The summed E-state index contributed by atoms with van der Waals surface area (Å²) in [5, 5.41) is 0. The van der Waals surface area contributed by atoms with Crippen LogP contribution in [0.1, 0.15) is 265 Å². The van der Waals surface area contributed by atoms with Gasteiger partial charge in [-0.3, -0.25) is 14.4 Å². The molecule has 0 radical (unpaired) electrons. The second-order valence-electron chi connectivity index (χ2n) is 18.8. The molecule has 6 heteroatoms. The molecule has 0 aromatic heterocycles. The van der Waals surface area contributed by atoms with Crippen molar-refractivity contribution >= 4 is 17.9 Å². The Balaban J connectivity index is 4.05. The number of ether oxygens (including phenoxy) is 3. The van der Waals surface area contributed by atoms with Gasteiger partial charge in [-0.15, -0.1) is 0 Å². The van der Waals surface area contributed by atoms with Crippen LogP contribution >= 0.6 is 0 Å². The molecule has 394 valence electrons. The van der Waals surface area contributed by atoms with Gasteiger partial charge in [0.05, 0.1) is 6.42 Å². The number of hydrogen-bond acceptors (Lipinski definition) is 6. The molecule has 0 rings (SSSR count). The van der Waals surface area contributed by atoms with E-state index in [1.165, 1.54) is 128 Å². The van der Waals surface area contributed by atoms with Crippen molar-refractivity contribution in [1.82, 2.24) is 0 Å². The van der Waals surface area contributed by atoms with E-state index in [1.54, 1.807) is 6.08 Å². The van der Waals surface area contributed by atoms with Gasteiger partial charge in [0.15, 0.2) is 6.10 Å². The van der Waals surface area contributed by atoms with Gasteiger partial charge in [-0.05, 0) is 83.5 Å². The largest absolute Gasteiger partial charge is 0.462 e. The van der Waals surface area contributed by atoms with Crippen LogP contribution in [-0.4, -0.2) is 37.2 Å². The van der Waals surface area contributed by atoms with Crippen LogP contribution in [0.5, 0.6) is 0 Å². The summed E-state index contributed by atoms with van der Waals surface area (Å²) in [4.78, 5) is 37.6. The minimum atomic E-state index is -0.827. The molecule has 1 atom stereocenters. The van der Waals surface area contributed by atoms with E-state index in [2.05, 4.69) is 106 Å². The molecular formula is C63H106O6. The maximum atomic E-state index is 12.7. The van der Waals surface area contributed by atoms with E-state index in [4.69, 9.17) is 14.2 Å². The van der Waals surface area contributed by atoms with Gasteiger partial charge in [-0.2, -0.15) is 0 Å². The molecule has 0 aliphatic heterocycles. The SMILES string of the molecule is CC/C=C\C/C=C\C/C=C\C/C=C\C/C=C\CC(=O)OC(COC(=O)CCCCCCC)COC(=O)CCCCCCCCCCCCCCCCCC/C=C\C/C=C\C/C=C\CCCCCCC. The van der Waals surface area contributed by atoms with E-state index < -0.39 is 12.1 Å².